The second-order valence-corrected chi connectivity index (χ2v) is 6.75. The minimum atomic E-state index is 0.0259. The standard InChI is InChI=1S/C20H23ClN2O/c1-15-13-17-8-3-5-10-19(17)23(15)12-6-11-22-20(24)14-16-7-2-4-9-18(16)21/h2-5,7-10,15H,6,11-14H2,1H3,(H,22,24). The number of fused-ring (bicyclic) bond motifs is 1. The lowest BCUT2D eigenvalue weighted by Gasteiger charge is -2.24. The van der Waals surface area contributed by atoms with E-state index in [1.165, 1.54) is 11.3 Å². The SMILES string of the molecule is CC1Cc2ccccc2N1CCCNC(=O)Cc1ccccc1Cl. The molecular weight excluding hydrogens is 320 g/mol. The van der Waals surface area contributed by atoms with Gasteiger partial charge in [-0.15, -0.1) is 0 Å². The number of nitrogens with zero attached hydrogens (tertiary/aromatic N) is 1. The van der Waals surface area contributed by atoms with Crippen molar-refractivity contribution in [2.75, 3.05) is 18.0 Å². The van der Waals surface area contributed by atoms with Gasteiger partial charge in [0.1, 0.15) is 0 Å². The summed E-state index contributed by atoms with van der Waals surface area (Å²) in [6.45, 7) is 3.91. The molecule has 0 aliphatic carbocycles. The molecule has 0 radical (unpaired) electrons. The first-order valence-electron chi connectivity index (χ1n) is 8.50. The molecule has 1 heterocycles. The predicted octanol–water partition coefficient (Wildman–Crippen LogP) is 3.84. The molecule has 1 amide bonds. The topological polar surface area (TPSA) is 32.3 Å². The van der Waals surface area contributed by atoms with Crippen LogP contribution in [-0.2, 0) is 17.6 Å². The highest BCUT2D eigenvalue weighted by molar-refractivity contribution is 6.31. The van der Waals surface area contributed by atoms with Gasteiger partial charge in [-0.05, 0) is 43.0 Å². The van der Waals surface area contributed by atoms with E-state index in [-0.39, 0.29) is 5.91 Å². The maximum absolute atomic E-state index is 12.0. The Balaban J connectivity index is 1.44. The van der Waals surface area contributed by atoms with Crippen LogP contribution >= 0.6 is 11.6 Å². The van der Waals surface area contributed by atoms with E-state index in [9.17, 15) is 4.79 Å². The van der Waals surface area contributed by atoms with E-state index < -0.39 is 0 Å². The van der Waals surface area contributed by atoms with E-state index in [0.717, 1.165) is 24.9 Å². The van der Waals surface area contributed by atoms with Crippen LogP contribution in [0.5, 0.6) is 0 Å². The number of anilines is 1. The van der Waals surface area contributed by atoms with Crippen LogP contribution in [-0.4, -0.2) is 25.0 Å². The van der Waals surface area contributed by atoms with Crippen LogP contribution in [0, 0.1) is 0 Å². The molecule has 1 aliphatic rings. The van der Waals surface area contributed by atoms with Crippen LogP contribution in [0.25, 0.3) is 0 Å². The zero-order valence-electron chi connectivity index (χ0n) is 14.0. The number of halogens is 1. The molecule has 1 atom stereocenters. The Morgan fingerprint density at radius 2 is 1.96 bits per heavy atom. The smallest absolute Gasteiger partial charge is 0.224 e. The van der Waals surface area contributed by atoms with Crippen molar-refractivity contribution in [1.29, 1.82) is 0 Å². The number of benzene rings is 2. The fourth-order valence-electron chi connectivity index (χ4n) is 3.32. The maximum atomic E-state index is 12.0. The fraction of sp³-hybridized carbons (Fsp3) is 0.350. The molecule has 1 N–H and O–H groups in total. The van der Waals surface area contributed by atoms with Crippen molar-refractivity contribution in [1.82, 2.24) is 5.32 Å². The third-order valence-electron chi connectivity index (χ3n) is 4.56. The minimum Gasteiger partial charge on any atom is -0.368 e. The molecule has 0 saturated heterocycles. The summed E-state index contributed by atoms with van der Waals surface area (Å²) < 4.78 is 0. The molecule has 1 aliphatic heterocycles. The van der Waals surface area contributed by atoms with E-state index >= 15 is 0 Å². The van der Waals surface area contributed by atoms with E-state index in [1.54, 1.807) is 0 Å². The van der Waals surface area contributed by atoms with Crippen LogP contribution in [0.1, 0.15) is 24.5 Å². The first-order chi connectivity index (χ1) is 11.6. The van der Waals surface area contributed by atoms with Crippen LogP contribution < -0.4 is 10.2 Å². The monoisotopic (exact) mass is 342 g/mol. The summed E-state index contributed by atoms with van der Waals surface area (Å²) in [6.07, 6.45) is 2.38. The lowest BCUT2D eigenvalue weighted by Crippen LogP contribution is -2.33. The minimum absolute atomic E-state index is 0.0259. The van der Waals surface area contributed by atoms with Gasteiger partial charge in [-0.1, -0.05) is 48.0 Å². The van der Waals surface area contributed by atoms with Gasteiger partial charge in [0.05, 0.1) is 6.42 Å². The summed E-state index contributed by atoms with van der Waals surface area (Å²) in [5, 5.41) is 3.65. The lowest BCUT2D eigenvalue weighted by atomic mass is 10.1. The van der Waals surface area contributed by atoms with Gasteiger partial charge in [-0.2, -0.15) is 0 Å². The molecule has 3 rings (SSSR count). The molecule has 0 saturated carbocycles. The summed E-state index contributed by atoms with van der Waals surface area (Å²) in [5.41, 5.74) is 3.64. The van der Waals surface area contributed by atoms with Crippen molar-refractivity contribution >= 4 is 23.2 Å². The third-order valence-corrected chi connectivity index (χ3v) is 4.92. The van der Waals surface area contributed by atoms with Crippen molar-refractivity contribution in [3.63, 3.8) is 0 Å². The normalized spacial score (nSPS) is 16.1. The van der Waals surface area contributed by atoms with Crippen molar-refractivity contribution in [2.45, 2.75) is 32.2 Å². The summed E-state index contributed by atoms with van der Waals surface area (Å²) in [4.78, 5) is 14.5. The number of rotatable bonds is 6. The Kier molecular flexibility index (Phi) is 5.41. The zero-order chi connectivity index (χ0) is 16.9. The number of hydrogen-bond acceptors (Lipinski definition) is 2. The Hall–Kier alpha value is -2.00. The van der Waals surface area contributed by atoms with Gasteiger partial charge < -0.3 is 10.2 Å². The highest BCUT2D eigenvalue weighted by atomic mass is 35.5. The number of carbonyl (C=O) groups excluding carboxylic acids is 1. The number of carbonyl (C=O) groups is 1. The van der Waals surface area contributed by atoms with Crippen molar-refractivity contribution < 1.29 is 4.79 Å². The third kappa shape index (κ3) is 3.90. The molecule has 2 aromatic carbocycles. The lowest BCUT2D eigenvalue weighted by molar-refractivity contribution is -0.120. The number of amides is 1. The molecule has 4 heteroatoms. The van der Waals surface area contributed by atoms with Crippen molar-refractivity contribution in [3.05, 3.63) is 64.7 Å². The van der Waals surface area contributed by atoms with Crippen molar-refractivity contribution in [3.8, 4) is 0 Å². The average molecular weight is 343 g/mol. The Labute approximate surface area is 148 Å². The summed E-state index contributed by atoms with van der Waals surface area (Å²) in [6, 6.07) is 16.6. The van der Waals surface area contributed by atoms with Gasteiger partial charge in [-0.3, -0.25) is 4.79 Å². The Morgan fingerprint density at radius 3 is 2.79 bits per heavy atom. The van der Waals surface area contributed by atoms with Crippen LogP contribution in [0.4, 0.5) is 5.69 Å². The van der Waals surface area contributed by atoms with Gasteiger partial charge in [0, 0.05) is 29.8 Å². The van der Waals surface area contributed by atoms with Gasteiger partial charge in [0.2, 0.25) is 5.91 Å². The van der Waals surface area contributed by atoms with Gasteiger partial charge in [0.15, 0.2) is 0 Å². The predicted molar refractivity (Wildman–Crippen MR) is 99.7 cm³/mol. The zero-order valence-corrected chi connectivity index (χ0v) is 14.7. The largest absolute Gasteiger partial charge is 0.368 e. The molecule has 0 bridgehead atoms. The molecule has 126 valence electrons. The number of nitrogens with one attached hydrogen (secondary N) is 1. The quantitative estimate of drug-likeness (QED) is 0.809. The molecule has 3 nitrogen and oxygen atoms in total. The highest BCUT2D eigenvalue weighted by Gasteiger charge is 2.24. The molecule has 0 spiro atoms. The molecule has 24 heavy (non-hydrogen) atoms. The first kappa shape index (κ1) is 16.8. The van der Waals surface area contributed by atoms with Gasteiger partial charge in [-0.25, -0.2) is 0 Å². The van der Waals surface area contributed by atoms with Crippen LogP contribution in [0.15, 0.2) is 48.5 Å². The van der Waals surface area contributed by atoms with Crippen LogP contribution in [0.2, 0.25) is 5.02 Å². The average Bonchev–Trinajstić information content (AvgIpc) is 2.89. The first-order valence-corrected chi connectivity index (χ1v) is 8.87. The van der Waals surface area contributed by atoms with Crippen LogP contribution in [0.3, 0.4) is 0 Å². The summed E-state index contributed by atoms with van der Waals surface area (Å²) >= 11 is 6.09. The molecule has 2 aromatic rings. The van der Waals surface area contributed by atoms with E-state index in [2.05, 4.69) is 41.4 Å². The highest BCUT2D eigenvalue weighted by Crippen LogP contribution is 2.31. The summed E-state index contributed by atoms with van der Waals surface area (Å²) in [7, 11) is 0. The van der Waals surface area contributed by atoms with Gasteiger partial charge >= 0.3 is 0 Å². The van der Waals surface area contributed by atoms with E-state index in [4.69, 9.17) is 11.6 Å². The molecule has 0 aromatic heterocycles. The number of para-hydroxylation sites is 1. The second-order valence-electron chi connectivity index (χ2n) is 6.35. The van der Waals surface area contributed by atoms with Crippen molar-refractivity contribution in [2.24, 2.45) is 0 Å². The van der Waals surface area contributed by atoms with E-state index in [1.807, 2.05) is 24.3 Å². The fourth-order valence-corrected chi connectivity index (χ4v) is 3.53. The molecule has 1 unspecified atom stereocenters. The Bertz CT molecular complexity index is 716. The molecular formula is C20H23ClN2O. The van der Waals surface area contributed by atoms with Gasteiger partial charge in [0.25, 0.3) is 0 Å². The summed E-state index contributed by atoms with van der Waals surface area (Å²) in [5.74, 6) is 0.0259. The Morgan fingerprint density at radius 1 is 1.21 bits per heavy atom. The molecule has 0 fully saturated rings. The maximum Gasteiger partial charge on any atom is 0.224 e. The van der Waals surface area contributed by atoms with E-state index in [0.29, 0.717) is 24.0 Å². The number of hydrogen-bond donors (Lipinski definition) is 1. The second kappa shape index (κ2) is 7.71.